The first-order valence-corrected chi connectivity index (χ1v) is 6.81. The summed E-state index contributed by atoms with van der Waals surface area (Å²) < 4.78 is 6.82. The summed E-state index contributed by atoms with van der Waals surface area (Å²) in [6.45, 7) is 1.93. The maximum absolute atomic E-state index is 12.8. The molecule has 0 spiro atoms. The average Bonchev–Trinajstić information content (AvgIpc) is 3.14. The number of hydrogen-bond acceptors (Lipinski definition) is 3. The Hall–Kier alpha value is -2.56. The quantitative estimate of drug-likeness (QED) is 0.742. The van der Waals surface area contributed by atoms with Crippen LogP contribution in [0.4, 0.5) is 0 Å². The highest BCUT2D eigenvalue weighted by atomic mass is 16.5. The van der Waals surface area contributed by atoms with Crippen LogP contribution >= 0.6 is 0 Å². The molecule has 2 aromatic heterocycles. The molecule has 0 unspecified atom stereocenters. The third-order valence-electron chi connectivity index (χ3n) is 3.91. The monoisotopic (exact) mass is 283 g/mol. The van der Waals surface area contributed by atoms with Gasteiger partial charge in [-0.05, 0) is 13.0 Å². The largest absolute Gasteiger partial charge is 0.364 e. The molecule has 5 nitrogen and oxygen atoms in total. The minimum Gasteiger partial charge on any atom is -0.364 e. The lowest BCUT2D eigenvalue weighted by Gasteiger charge is -2.22. The van der Waals surface area contributed by atoms with E-state index in [0.29, 0.717) is 5.56 Å². The van der Waals surface area contributed by atoms with Gasteiger partial charge >= 0.3 is 0 Å². The van der Waals surface area contributed by atoms with Gasteiger partial charge in [-0.25, -0.2) is 0 Å². The SMILES string of the molecule is C[C@H](c1ccon1)N(C)C(=O)c1cn(C)c2ccccc12. The van der Waals surface area contributed by atoms with E-state index < -0.39 is 0 Å². The predicted octanol–water partition coefficient (Wildman–Crippen LogP) is 3.00. The Morgan fingerprint density at radius 3 is 2.81 bits per heavy atom. The molecule has 0 saturated carbocycles. The summed E-state index contributed by atoms with van der Waals surface area (Å²) in [7, 11) is 3.73. The molecule has 1 amide bonds. The van der Waals surface area contributed by atoms with Gasteiger partial charge in [-0.2, -0.15) is 0 Å². The Morgan fingerprint density at radius 2 is 2.10 bits per heavy atom. The van der Waals surface area contributed by atoms with Crippen LogP contribution in [0.2, 0.25) is 0 Å². The van der Waals surface area contributed by atoms with E-state index in [2.05, 4.69) is 5.16 Å². The van der Waals surface area contributed by atoms with Gasteiger partial charge in [0.05, 0.1) is 11.6 Å². The van der Waals surface area contributed by atoms with E-state index in [1.165, 1.54) is 6.26 Å². The number of para-hydroxylation sites is 1. The molecule has 0 saturated heterocycles. The van der Waals surface area contributed by atoms with E-state index in [0.717, 1.165) is 16.6 Å². The van der Waals surface area contributed by atoms with Crippen molar-refractivity contribution >= 4 is 16.8 Å². The molecule has 3 rings (SSSR count). The molecular weight excluding hydrogens is 266 g/mol. The van der Waals surface area contributed by atoms with Gasteiger partial charge in [0.15, 0.2) is 0 Å². The highest BCUT2D eigenvalue weighted by Crippen LogP contribution is 2.25. The molecule has 0 fully saturated rings. The summed E-state index contributed by atoms with van der Waals surface area (Å²) in [5, 5.41) is 4.87. The lowest BCUT2D eigenvalue weighted by Crippen LogP contribution is -2.29. The fraction of sp³-hybridized carbons (Fsp3) is 0.250. The van der Waals surface area contributed by atoms with Crippen molar-refractivity contribution in [1.29, 1.82) is 0 Å². The Balaban J connectivity index is 1.97. The number of benzene rings is 1. The van der Waals surface area contributed by atoms with Gasteiger partial charge in [-0.15, -0.1) is 0 Å². The van der Waals surface area contributed by atoms with Crippen LogP contribution in [0.5, 0.6) is 0 Å². The number of amides is 1. The normalized spacial score (nSPS) is 12.5. The van der Waals surface area contributed by atoms with Crippen molar-refractivity contribution < 1.29 is 9.32 Å². The number of fused-ring (bicyclic) bond motifs is 1. The summed E-state index contributed by atoms with van der Waals surface area (Å²) in [4.78, 5) is 14.4. The Kier molecular flexibility index (Phi) is 3.25. The third-order valence-corrected chi connectivity index (χ3v) is 3.91. The summed E-state index contributed by atoms with van der Waals surface area (Å²) in [5.41, 5.74) is 2.49. The number of carbonyl (C=O) groups excluding carboxylic acids is 1. The summed E-state index contributed by atoms with van der Waals surface area (Å²) in [6.07, 6.45) is 3.39. The second-order valence-electron chi connectivity index (χ2n) is 5.19. The second-order valence-corrected chi connectivity index (χ2v) is 5.19. The minimum atomic E-state index is -0.143. The lowest BCUT2D eigenvalue weighted by molar-refractivity contribution is 0.0739. The Morgan fingerprint density at radius 1 is 1.33 bits per heavy atom. The van der Waals surface area contributed by atoms with Crippen LogP contribution in [-0.2, 0) is 7.05 Å². The van der Waals surface area contributed by atoms with Gasteiger partial charge in [0.25, 0.3) is 5.91 Å². The van der Waals surface area contributed by atoms with Gasteiger partial charge in [0.1, 0.15) is 12.0 Å². The number of aryl methyl sites for hydroxylation is 1. The van der Waals surface area contributed by atoms with Crippen molar-refractivity contribution in [3.05, 3.63) is 54.0 Å². The van der Waals surface area contributed by atoms with Crippen molar-refractivity contribution in [3.8, 4) is 0 Å². The van der Waals surface area contributed by atoms with Crippen LogP contribution in [0.3, 0.4) is 0 Å². The first kappa shape index (κ1) is 13.4. The molecule has 3 aromatic rings. The van der Waals surface area contributed by atoms with E-state index in [9.17, 15) is 4.79 Å². The minimum absolute atomic E-state index is 0.0256. The Bertz CT molecular complexity index is 774. The predicted molar refractivity (Wildman–Crippen MR) is 79.9 cm³/mol. The van der Waals surface area contributed by atoms with E-state index in [1.807, 2.05) is 49.0 Å². The molecule has 108 valence electrons. The first-order valence-electron chi connectivity index (χ1n) is 6.81. The highest BCUT2D eigenvalue weighted by Gasteiger charge is 2.23. The smallest absolute Gasteiger partial charge is 0.256 e. The molecule has 0 aliphatic heterocycles. The molecule has 21 heavy (non-hydrogen) atoms. The molecule has 0 aliphatic rings. The number of carbonyl (C=O) groups is 1. The van der Waals surface area contributed by atoms with Crippen LogP contribution in [0.25, 0.3) is 10.9 Å². The highest BCUT2D eigenvalue weighted by molar-refractivity contribution is 6.07. The van der Waals surface area contributed by atoms with Gasteiger partial charge in [-0.3, -0.25) is 4.79 Å². The topological polar surface area (TPSA) is 51.3 Å². The summed E-state index contributed by atoms with van der Waals surface area (Å²) in [6, 6.07) is 9.52. The fourth-order valence-electron chi connectivity index (χ4n) is 2.51. The van der Waals surface area contributed by atoms with E-state index in [-0.39, 0.29) is 11.9 Å². The number of aromatic nitrogens is 2. The van der Waals surface area contributed by atoms with E-state index in [4.69, 9.17) is 4.52 Å². The van der Waals surface area contributed by atoms with Gasteiger partial charge in [-0.1, -0.05) is 23.4 Å². The third kappa shape index (κ3) is 2.20. The van der Waals surface area contributed by atoms with Gasteiger partial charge in [0.2, 0.25) is 0 Å². The molecule has 0 N–H and O–H groups in total. The Labute approximate surface area is 122 Å². The molecule has 0 aliphatic carbocycles. The maximum atomic E-state index is 12.8. The molecule has 1 aromatic carbocycles. The van der Waals surface area contributed by atoms with Crippen LogP contribution in [0.15, 0.2) is 47.3 Å². The molecule has 1 atom stereocenters. The van der Waals surface area contributed by atoms with Crippen LogP contribution in [0, 0.1) is 0 Å². The number of hydrogen-bond donors (Lipinski definition) is 0. The standard InChI is InChI=1S/C16H17N3O2/c1-11(14-8-9-21-17-14)19(3)16(20)13-10-18(2)15-7-5-4-6-12(13)15/h4-11H,1-3H3/t11-/m1/s1. The zero-order chi connectivity index (χ0) is 15.0. The maximum Gasteiger partial charge on any atom is 0.256 e. The van der Waals surface area contributed by atoms with Gasteiger partial charge < -0.3 is 14.0 Å². The molecular formula is C16H17N3O2. The van der Waals surface area contributed by atoms with Gasteiger partial charge in [0, 0.05) is 37.3 Å². The fourth-order valence-corrected chi connectivity index (χ4v) is 2.51. The van der Waals surface area contributed by atoms with Crippen molar-refractivity contribution in [1.82, 2.24) is 14.6 Å². The average molecular weight is 283 g/mol. The van der Waals surface area contributed by atoms with Crippen LogP contribution < -0.4 is 0 Å². The molecule has 2 heterocycles. The van der Waals surface area contributed by atoms with Crippen molar-refractivity contribution in [2.45, 2.75) is 13.0 Å². The van der Waals surface area contributed by atoms with Crippen LogP contribution in [0.1, 0.15) is 29.0 Å². The molecule has 0 radical (unpaired) electrons. The first-order chi connectivity index (χ1) is 10.1. The molecule has 0 bridgehead atoms. The number of rotatable bonds is 3. The van der Waals surface area contributed by atoms with E-state index >= 15 is 0 Å². The number of nitrogens with zero attached hydrogens (tertiary/aromatic N) is 3. The van der Waals surface area contributed by atoms with E-state index in [1.54, 1.807) is 18.0 Å². The van der Waals surface area contributed by atoms with Crippen molar-refractivity contribution in [2.75, 3.05) is 7.05 Å². The van der Waals surface area contributed by atoms with Crippen LogP contribution in [-0.4, -0.2) is 27.6 Å². The zero-order valence-corrected chi connectivity index (χ0v) is 12.3. The molecule has 5 heteroatoms. The van der Waals surface area contributed by atoms with Crippen molar-refractivity contribution in [3.63, 3.8) is 0 Å². The summed E-state index contributed by atoms with van der Waals surface area (Å²) in [5.74, 6) is -0.0256. The summed E-state index contributed by atoms with van der Waals surface area (Å²) >= 11 is 0. The zero-order valence-electron chi connectivity index (χ0n) is 12.3. The lowest BCUT2D eigenvalue weighted by atomic mass is 10.1. The van der Waals surface area contributed by atoms with Crippen molar-refractivity contribution in [2.24, 2.45) is 7.05 Å². The second kappa shape index (κ2) is 5.09.